The highest BCUT2D eigenvalue weighted by Crippen LogP contribution is 2.31. The number of benzene rings is 2. The number of nitrogens with two attached hydrogens (primary N) is 1. The number of rotatable bonds is 5. The molecule has 0 saturated heterocycles. The lowest BCUT2D eigenvalue weighted by atomic mass is 10.00. The van der Waals surface area contributed by atoms with Gasteiger partial charge in [0.25, 0.3) is 0 Å². The smallest absolute Gasteiger partial charge is 0.246 e. The molecule has 7 heteroatoms. The van der Waals surface area contributed by atoms with E-state index < -0.39 is 6.04 Å². The van der Waals surface area contributed by atoms with E-state index in [0.29, 0.717) is 0 Å². The summed E-state index contributed by atoms with van der Waals surface area (Å²) in [6.07, 6.45) is 1.87. The molecule has 0 spiro atoms. The lowest BCUT2D eigenvalue weighted by Gasteiger charge is -2.32. The van der Waals surface area contributed by atoms with E-state index in [1.54, 1.807) is 7.05 Å². The van der Waals surface area contributed by atoms with E-state index in [9.17, 15) is 9.59 Å². The van der Waals surface area contributed by atoms with E-state index in [-0.39, 0.29) is 30.8 Å². The molecule has 1 aliphatic heterocycles. The van der Waals surface area contributed by atoms with Gasteiger partial charge in [0.05, 0.1) is 6.54 Å². The number of halogens is 1. The molecule has 1 unspecified atom stereocenters. The summed E-state index contributed by atoms with van der Waals surface area (Å²) in [6.45, 7) is 0.983. The molecule has 1 atom stereocenters. The van der Waals surface area contributed by atoms with Gasteiger partial charge in [-0.2, -0.15) is 0 Å². The molecule has 2 aromatic rings. The molecule has 3 rings (SSSR count). The van der Waals surface area contributed by atoms with Gasteiger partial charge in [-0.1, -0.05) is 36.4 Å². The van der Waals surface area contributed by atoms with Crippen molar-refractivity contribution in [3.05, 3.63) is 59.7 Å². The first-order chi connectivity index (χ1) is 12.6. The van der Waals surface area contributed by atoms with Crippen molar-refractivity contribution in [3.8, 4) is 0 Å². The van der Waals surface area contributed by atoms with Crippen LogP contribution in [0.1, 0.15) is 23.6 Å². The number of amides is 2. The highest BCUT2D eigenvalue weighted by atomic mass is 35.5. The fourth-order valence-electron chi connectivity index (χ4n) is 3.36. The minimum Gasteiger partial charge on any atom is -0.398 e. The second-order valence-electron chi connectivity index (χ2n) is 6.40. The number of nitrogens with one attached hydrogen (secondary N) is 2. The summed E-state index contributed by atoms with van der Waals surface area (Å²) in [5, 5.41) is 5.46. The Balaban J connectivity index is 0.00000261. The number of hydrogen-bond acceptors (Lipinski definition) is 4. The molecular formula is C20H25ClN4O2. The lowest BCUT2D eigenvalue weighted by molar-refractivity contribution is -0.128. The van der Waals surface area contributed by atoms with Gasteiger partial charge in [-0.3, -0.25) is 9.59 Å². The largest absolute Gasteiger partial charge is 0.398 e. The van der Waals surface area contributed by atoms with Crippen molar-refractivity contribution in [1.82, 2.24) is 10.6 Å². The number of hydrogen-bond donors (Lipinski definition) is 3. The molecule has 27 heavy (non-hydrogen) atoms. The number of fused-ring (bicyclic) bond motifs is 1. The van der Waals surface area contributed by atoms with E-state index in [4.69, 9.17) is 5.73 Å². The third-order valence-electron chi connectivity index (χ3n) is 4.66. The van der Waals surface area contributed by atoms with Gasteiger partial charge in [0, 0.05) is 25.0 Å². The zero-order valence-corrected chi connectivity index (χ0v) is 16.1. The molecule has 2 aromatic carbocycles. The Bertz CT molecular complexity index is 798. The first-order valence-corrected chi connectivity index (χ1v) is 8.78. The van der Waals surface area contributed by atoms with Crippen LogP contribution in [0.5, 0.6) is 0 Å². The van der Waals surface area contributed by atoms with Crippen molar-refractivity contribution < 1.29 is 9.59 Å². The van der Waals surface area contributed by atoms with Gasteiger partial charge in [0.1, 0.15) is 6.04 Å². The molecule has 1 heterocycles. The maximum Gasteiger partial charge on any atom is 0.246 e. The average molecular weight is 389 g/mol. The molecule has 0 radical (unpaired) electrons. The van der Waals surface area contributed by atoms with E-state index in [0.717, 1.165) is 41.9 Å². The molecule has 0 saturated carbocycles. The maximum atomic E-state index is 12.6. The zero-order valence-electron chi connectivity index (χ0n) is 15.3. The van der Waals surface area contributed by atoms with E-state index in [2.05, 4.69) is 10.6 Å². The molecule has 0 aliphatic carbocycles. The van der Waals surface area contributed by atoms with Gasteiger partial charge in [-0.05, 0) is 36.1 Å². The Kier molecular flexibility index (Phi) is 7.07. The normalized spacial score (nSPS) is 13.7. The molecule has 0 bridgehead atoms. The Morgan fingerprint density at radius 3 is 2.59 bits per heavy atom. The molecule has 1 aliphatic rings. The summed E-state index contributed by atoms with van der Waals surface area (Å²) in [7, 11) is 1.56. The molecule has 2 amide bonds. The fourth-order valence-corrected chi connectivity index (χ4v) is 3.36. The molecule has 6 nitrogen and oxygen atoms in total. The number of anilines is 2. The Morgan fingerprint density at radius 1 is 1.15 bits per heavy atom. The van der Waals surface area contributed by atoms with Crippen LogP contribution in [-0.2, 0) is 16.0 Å². The van der Waals surface area contributed by atoms with Crippen LogP contribution in [0.2, 0.25) is 0 Å². The summed E-state index contributed by atoms with van der Waals surface area (Å²) < 4.78 is 0. The predicted octanol–water partition coefficient (Wildman–Crippen LogP) is 2.05. The predicted molar refractivity (Wildman–Crippen MR) is 110 cm³/mol. The van der Waals surface area contributed by atoms with E-state index in [1.807, 2.05) is 53.4 Å². The van der Waals surface area contributed by atoms with Crippen LogP contribution in [0.4, 0.5) is 11.4 Å². The zero-order chi connectivity index (χ0) is 18.5. The quantitative estimate of drug-likeness (QED) is 0.684. The van der Waals surface area contributed by atoms with Crippen LogP contribution < -0.4 is 21.3 Å². The van der Waals surface area contributed by atoms with Crippen LogP contribution in [0, 0.1) is 0 Å². The lowest BCUT2D eigenvalue weighted by Crippen LogP contribution is -2.44. The third kappa shape index (κ3) is 4.71. The van der Waals surface area contributed by atoms with Crippen LogP contribution in [0.3, 0.4) is 0 Å². The van der Waals surface area contributed by atoms with Crippen molar-refractivity contribution in [3.63, 3.8) is 0 Å². The molecule has 144 valence electrons. The topological polar surface area (TPSA) is 87.5 Å². The second-order valence-corrected chi connectivity index (χ2v) is 6.40. The monoisotopic (exact) mass is 388 g/mol. The Labute approximate surface area is 165 Å². The number of likely N-dealkylation sites (N-methyl/N-ethyl adjacent to an activating group) is 1. The summed E-state index contributed by atoms with van der Waals surface area (Å²) in [5.74, 6) is -0.439. The number of carbonyl (C=O) groups is 2. The standard InChI is InChI=1S/C20H24N4O2.ClH/c1-22-20(26)19(14-7-3-2-4-8-14)23-18(25)13-24-12-6-9-15-16(21)10-5-11-17(15)24;/h2-5,7-8,10-11,19H,6,9,12-13,21H2,1H3,(H,22,26)(H,23,25);1H. The minimum absolute atomic E-state index is 0. The number of nitrogens with zero attached hydrogens (tertiary/aromatic N) is 1. The summed E-state index contributed by atoms with van der Waals surface area (Å²) in [6, 6.07) is 14.3. The van der Waals surface area contributed by atoms with Gasteiger partial charge < -0.3 is 21.3 Å². The average Bonchev–Trinajstić information content (AvgIpc) is 2.67. The van der Waals surface area contributed by atoms with Crippen molar-refractivity contribution in [1.29, 1.82) is 0 Å². The van der Waals surface area contributed by atoms with Gasteiger partial charge in [-0.15, -0.1) is 12.4 Å². The first-order valence-electron chi connectivity index (χ1n) is 8.78. The van der Waals surface area contributed by atoms with Crippen molar-refractivity contribution >= 4 is 35.6 Å². The van der Waals surface area contributed by atoms with Gasteiger partial charge in [-0.25, -0.2) is 0 Å². The highest BCUT2D eigenvalue weighted by molar-refractivity contribution is 5.90. The van der Waals surface area contributed by atoms with Crippen LogP contribution in [0.15, 0.2) is 48.5 Å². The van der Waals surface area contributed by atoms with Gasteiger partial charge >= 0.3 is 0 Å². The van der Waals surface area contributed by atoms with Gasteiger partial charge in [0.15, 0.2) is 0 Å². The van der Waals surface area contributed by atoms with Crippen molar-refractivity contribution in [2.75, 3.05) is 30.8 Å². The Morgan fingerprint density at radius 2 is 1.89 bits per heavy atom. The van der Waals surface area contributed by atoms with E-state index >= 15 is 0 Å². The maximum absolute atomic E-state index is 12.6. The fraction of sp³-hybridized carbons (Fsp3) is 0.300. The number of nitrogen functional groups attached to an aromatic ring is 1. The van der Waals surface area contributed by atoms with Crippen molar-refractivity contribution in [2.45, 2.75) is 18.9 Å². The Hall–Kier alpha value is -2.73. The molecule has 0 fully saturated rings. The molecular weight excluding hydrogens is 364 g/mol. The van der Waals surface area contributed by atoms with Gasteiger partial charge in [0.2, 0.25) is 11.8 Å². The minimum atomic E-state index is -0.709. The van der Waals surface area contributed by atoms with Crippen LogP contribution in [0.25, 0.3) is 0 Å². The highest BCUT2D eigenvalue weighted by Gasteiger charge is 2.25. The second kappa shape index (κ2) is 9.28. The number of carbonyl (C=O) groups excluding carboxylic acids is 2. The summed E-state index contributed by atoms with van der Waals surface area (Å²) in [4.78, 5) is 26.9. The molecule has 4 N–H and O–H groups in total. The SMILES string of the molecule is CNC(=O)C(NC(=O)CN1CCCc2c(N)cccc21)c1ccccc1.Cl. The molecule has 0 aromatic heterocycles. The summed E-state index contributed by atoms with van der Waals surface area (Å²) >= 11 is 0. The van der Waals surface area contributed by atoms with Crippen LogP contribution >= 0.6 is 12.4 Å². The third-order valence-corrected chi connectivity index (χ3v) is 4.66. The van der Waals surface area contributed by atoms with E-state index in [1.165, 1.54) is 0 Å². The van der Waals surface area contributed by atoms with Crippen LogP contribution in [-0.4, -0.2) is 32.0 Å². The van der Waals surface area contributed by atoms with Crippen molar-refractivity contribution in [2.24, 2.45) is 0 Å². The summed E-state index contributed by atoms with van der Waals surface area (Å²) in [5.41, 5.74) is 9.68. The first kappa shape index (κ1) is 20.6.